The van der Waals surface area contributed by atoms with Gasteiger partial charge in [-0.3, -0.25) is 0 Å². The van der Waals surface area contributed by atoms with Crippen LogP contribution in [0.25, 0.3) is 0 Å². The SMILES string of the molecule is CC.COc1cc(Br)c(F)cc1I.COc1cc(Br)c(F)cc1O[B]O.COc1ccc(F)c(Br)c1. The molecule has 0 unspecified atom stereocenters. The Bertz CT molecular complexity index is 1100. The average Bonchev–Trinajstić information content (AvgIpc) is 2.87. The lowest BCUT2D eigenvalue weighted by molar-refractivity contribution is 0.379. The van der Waals surface area contributed by atoms with E-state index in [1.54, 1.807) is 32.4 Å². The fourth-order valence-corrected chi connectivity index (χ4v) is 3.74. The van der Waals surface area contributed by atoms with Gasteiger partial charge in [0.15, 0.2) is 5.75 Å². The van der Waals surface area contributed by atoms with Gasteiger partial charge in [0.1, 0.15) is 34.7 Å². The van der Waals surface area contributed by atoms with Crippen molar-refractivity contribution in [2.75, 3.05) is 21.3 Å². The van der Waals surface area contributed by atoms with Gasteiger partial charge in [0.05, 0.1) is 38.3 Å². The molecule has 197 valence electrons. The van der Waals surface area contributed by atoms with E-state index in [9.17, 15) is 13.2 Å². The van der Waals surface area contributed by atoms with Crippen molar-refractivity contribution in [3.8, 4) is 23.0 Å². The van der Waals surface area contributed by atoms with Crippen LogP contribution < -0.4 is 18.9 Å². The predicted molar refractivity (Wildman–Crippen MR) is 155 cm³/mol. The van der Waals surface area contributed by atoms with Crippen molar-refractivity contribution >= 4 is 78.1 Å². The number of methoxy groups -OCH3 is 3. The lowest BCUT2D eigenvalue weighted by atomic mass is 10.3. The normalized spacial score (nSPS) is 9.25. The van der Waals surface area contributed by atoms with Crippen LogP contribution in [0, 0.1) is 21.0 Å². The minimum atomic E-state index is -0.488. The molecule has 1 N–H and O–H groups in total. The molecule has 0 aliphatic carbocycles. The predicted octanol–water partition coefficient (Wildman–Crippen LogP) is 8.33. The van der Waals surface area contributed by atoms with Crippen molar-refractivity contribution in [1.82, 2.24) is 0 Å². The van der Waals surface area contributed by atoms with E-state index in [4.69, 9.17) is 19.2 Å². The molecule has 3 aromatic carbocycles. The number of halogens is 7. The van der Waals surface area contributed by atoms with E-state index in [1.165, 1.54) is 25.3 Å². The Labute approximate surface area is 248 Å². The van der Waals surface area contributed by atoms with Crippen molar-refractivity contribution in [2.24, 2.45) is 0 Å². The van der Waals surface area contributed by atoms with Gasteiger partial charge in [0.25, 0.3) is 0 Å². The summed E-state index contributed by atoms with van der Waals surface area (Å²) in [6.45, 7) is 4.00. The lowest BCUT2D eigenvalue weighted by Gasteiger charge is -2.08. The van der Waals surface area contributed by atoms with Crippen molar-refractivity contribution in [2.45, 2.75) is 13.8 Å². The maximum absolute atomic E-state index is 12.9. The highest BCUT2D eigenvalue weighted by atomic mass is 127. The molecule has 0 bridgehead atoms. The highest BCUT2D eigenvalue weighted by Gasteiger charge is 2.10. The smallest absolute Gasteiger partial charge is 0.535 e. The molecule has 5 nitrogen and oxygen atoms in total. The summed E-state index contributed by atoms with van der Waals surface area (Å²) in [4.78, 5) is 0. The van der Waals surface area contributed by atoms with Gasteiger partial charge in [0.2, 0.25) is 0 Å². The Morgan fingerprint density at radius 1 is 0.694 bits per heavy atom. The molecule has 0 aliphatic heterocycles. The molecular formula is C23H23BBr3F3IO5. The second-order valence-electron chi connectivity index (χ2n) is 5.82. The average molecular weight is 814 g/mol. The van der Waals surface area contributed by atoms with Gasteiger partial charge in [-0.15, -0.1) is 0 Å². The van der Waals surface area contributed by atoms with E-state index >= 15 is 0 Å². The monoisotopic (exact) mass is 811 g/mol. The number of ether oxygens (including phenoxy) is 3. The van der Waals surface area contributed by atoms with Crippen LogP contribution in [0.15, 0.2) is 55.9 Å². The Hall–Kier alpha value is -1.16. The fraction of sp³-hybridized carbons (Fsp3) is 0.217. The van der Waals surface area contributed by atoms with Gasteiger partial charge in [-0.2, -0.15) is 0 Å². The van der Waals surface area contributed by atoms with E-state index in [0.29, 0.717) is 33.9 Å². The highest BCUT2D eigenvalue weighted by molar-refractivity contribution is 14.1. The first-order chi connectivity index (χ1) is 17.1. The molecule has 0 aliphatic rings. The molecular weight excluding hydrogens is 791 g/mol. The molecule has 0 heterocycles. The molecule has 3 rings (SSSR count). The van der Waals surface area contributed by atoms with Crippen molar-refractivity contribution in [1.29, 1.82) is 0 Å². The third-order valence-electron chi connectivity index (χ3n) is 3.71. The molecule has 0 aromatic heterocycles. The molecule has 0 amide bonds. The molecule has 1 radical (unpaired) electrons. The number of hydrogen-bond acceptors (Lipinski definition) is 5. The molecule has 3 aromatic rings. The van der Waals surface area contributed by atoms with Crippen molar-refractivity contribution in [3.63, 3.8) is 0 Å². The van der Waals surface area contributed by atoms with Gasteiger partial charge in [-0.05, 0) is 101 Å². The van der Waals surface area contributed by atoms with E-state index in [-0.39, 0.29) is 21.9 Å². The zero-order chi connectivity index (χ0) is 27.8. The third-order valence-corrected chi connectivity index (χ3v) is 6.37. The Kier molecular flexibility index (Phi) is 18.4. The Morgan fingerprint density at radius 2 is 1.19 bits per heavy atom. The summed E-state index contributed by atoms with van der Waals surface area (Å²) < 4.78 is 59.5. The second-order valence-corrected chi connectivity index (χ2v) is 9.55. The van der Waals surface area contributed by atoms with Crippen LogP contribution in [0.3, 0.4) is 0 Å². The van der Waals surface area contributed by atoms with Gasteiger partial charge in [-0.1, -0.05) is 13.8 Å². The summed E-state index contributed by atoms with van der Waals surface area (Å²) in [6, 6.07) is 10.0. The van der Waals surface area contributed by atoms with Gasteiger partial charge in [0, 0.05) is 12.1 Å². The largest absolute Gasteiger partial charge is 0.569 e. The summed E-state index contributed by atoms with van der Waals surface area (Å²) in [5.41, 5.74) is 0. The van der Waals surface area contributed by atoms with Crippen LogP contribution >= 0.6 is 70.4 Å². The molecule has 13 heteroatoms. The second kappa shape index (κ2) is 19.0. The zero-order valence-electron chi connectivity index (χ0n) is 19.8. The summed E-state index contributed by atoms with van der Waals surface area (Å²) in [5.74, 6) is 0.741. The topological polar surface area (TPSA) is 57.2 Å². The van der Waals surface area contributed by atoms with Gasteiger partial charge >= 0.3 is 7.69 Å². The van der Waals surface area contributed by atoms with Crippen LogP contribution in [-0.4, -0.2) is 34.0 Å². The molecule has 0 saturated carbocycles. The summed E-state index contributed by atoms with van der Waals surface area (Å²) in [7, 11) is 4.98. The minimum absolute atomic E-state index is 0.116. The maximum atomic E-state index is 12.9. The Morgan fingerprint density at radius 3 is 1.67 bits per heavy atom. The number of benzene rings is 3. The lowest BCUT2D eigenvalue weighted by Crippen LogP contribution is -2.02. The van der Waals surface area contributed by atoms with E-state index in [2.05, 4.69) is 52.4 Å². The zero-order valence-corrected chi connectivity index (χ0v) is 26.8. The van der Waals surface area contributed by atoms with Gasteiger partial charge < -0.3 is 23.9 Å². The van der Waals surface area contributed by atoms with Crippen molar-refractivity contribution in [3.05, 3.63) is 76.9 Å². The quantitative estimate of drug-likeness (QED) is 0.160. The van der Waals surface area contributed by atoms with E-state index in [0.717, 1.165) is 9.64 Å². The molecule has 36 heavy (non-hydrogen) atoms. The van der Waals surface area contributed by atoms with Crippen LogP contribution in [0.4, 0.5) is 13.2 Å². The minimum Gasteiger partial charge on any atom is -0.535 e. The standard InChI is InChI=1S/C7H6BBrFO3.C7H5BrFIO.C7H6BrFO.C2H6/c1-12-6-2-4(9)5(10)3-7(6)13-8-11;1-11-7-2-4(8)5(9)3-6(7)10;1-10-5-2-3-7(9)6(8)4-5;1-2/h2-3,11H,1H3;2-3H,1H3;2-4H,1H3;1-2H3. The molecule has 0 atom stereocenters. The molecule has 0 saturated heterocycles. The first-order valence-electron chi connectivity index (χ1n) is 9.91. The number of hydrogen-bond donors (Lipinski definition) is 1. The molecule has 0 spiro atoms. The summed E-state index contributed by atoms with van der Waals surface area (Å²) in [5, 5.41) is 8.36. The van der Waals surface area contributed by atoms with Crippen molar-refractivity contribution < 1.29 is 37.1 Å². The van der Waals surface area contributed by atoms with Crippen LogP contribution in [-0.2, 0) is 0 Å². The summed E-state index contributed by atoms with van der Waals surface area (Å²) >= 11 is 11.1. The molecule has 0 fully saturated rings. The number of rotatable bonds is 5. The third kappa shape index (κ3) is 11.9. The van der Waals surface area contributed by atoms with E-state index in [1.807, 2.05) is 36.4 Å². The van der Waals surface area contributed by atoms with Crippen LogP contribution in [0.2, 0.25) is 0 Å². The first kappa shape index (κ1) is 34.8. The van der Waals surface area contributed by atoms with E-state index < -0.39 is 5.82 Å². The fourth-order valence-electron chi connectivity index (χ4n) is 2.08. The highest BCUT2D eigenvalue weighted by Crippen LogP contribution is 2.32. The van der Waals surface area contributed by atoms with Crippen LogP contribution in [0.1, 0.15) is 13.8 Å². The van der Waals surface area contributed by atoms with Crippen LogP contribution in [0.5, 0.6) is 23.0 Å². The van der Waals surface area contributed by atoms with Gasteiger partial charge in [-0.25, -0.2) is 13.2 Å². The Balaban J connectivity index is 0.000000497. The maximum Gasteiger partial charge on any atom is 0.569 e. The first-order valence-corrected chi connectivity index (χ1v) is 13.4. The summed E-state index contributed by atoms with van der Waals surface area (Å²) in [6.07, 6.45) is 0.